The summed E-state index contributed by atoms with van der Waals surface area (Å²) in [7, 11) is 0. The number of rotatable bonds is 3. The average Bonchev–Trinajstić information content (AvgIpc) is 2.16. The fourth-order valence-corrected chi connectivity index (χ4v) is 2.02. The van der Waals surface area contributed by atoms with Crippen LogP contribution in [0, 0.1) is 5.92 Å². The lowest BCUT2D eigenvalue weighted by molar-refractivity contribution is -0.0350. The lowest BCUT2D eigenvalue weighted by Gasteiger charge is -2.38. The van der Waals surface area contributed by atoms with Crippen molar-refractivity contribution in [2.24, 2.45) is 5.92 Å². The van der Waals surface area contributed by atoms with E-state index in [1.165, 1.54) is 0 Å². The quantitative estimate of drug-likeness (QED) is 0.711. The molecule has 0 saturated carbocycles. The van der Waals surface area contributed by atoms with Crippen molar-refractivity contribution in [2.75, 3.05) is 25.0 Å². The lowest BCUT2D eigenvalue weighted by Crippen LogP contribution is -2.48. The summed E-state index contributed by atoms with van der Waals surface area (Å²) in [6, 6.07) is 0.672. The number of alkyl halides is 1. The maximum absolute atomic E-state index is 5.60. The number of nitrogens with zero attached hydrogens (tertiary/aromatic N) is 1. The number of ether oxygens (including phenoxy) is 1. The van der Waals surface area contributed by atoms with E-state index in [-0.39, 0.29) is 0 Å². The number of hydrogen-bond acceptors (Lipinski definition) is 2. The summed E-state index contributed by atoms with van der Waals surface area (Å²) in [5, 5.41) is 0.953. The largest absolute Gasteiger partial charge is 0.375 e. The molecule has 0 aromatic carbocycles. The summed E-state index contributed by atoms with van der Waals surface area (Å²) in [6.45, 7) is 9.91. The Hall–Kier alpha value is 0.400. The van der Waals surface area contributed by atoms with Gasteiger partial charge in [0, 0.05) is 24.5 Å². The summed E-state index contributed by atoms with van der Waals surface area (Å²) in [5.41, 5.74) is 0. The van der Waals surface area contributed by atoms with Gasteiger partial charge in [0.2, 0.25) is 0 Å². The molecule has 0 radical (unpaired) electrons. The molecule has 1 rings (SSSR count). The normalized spacial score (nSPS) is 27.9. The summed E-state index contributed by atoms with van der Waals surface area (Å²) in [4.78, 5) is 2.53. The highest BCUT2D eigenvalue weighted by Gasteiger charge is 2.24. The maximum atomic E-state index is 5.60. The standard InChI is InChI=1S/C10H20BrNO/c1-8(2)9(3)12-4-5-13-10(6-11)7-12/h8-10H,4-7H2,1-3H3. The predicted molar refractivity (Wildman–Crippen MR) is 59.4 cm³/mol. The molecule has 1 aliphatic rings. The Bertz CT molecular complexity index is 152. The molecule has 2 nitrogen and oxygen atoms in total. The van der Waals surface area contributed by atoms with Crippen molar-refractivity contribution in [3.63, 3.8) is 0 Å². The van der Waals surface area contributed by atoms with Gasteiger partial charge in [0.1, 0.15) is 0 Å². The molecule has 0 amide bonds. The topological polar surface area (TPSA) is 12.5 Å². The molecule has 3 heteroatoms. The van der Waals surface area contributed by atoms with Crippen LogP contribution in [0.25, 0.3) is 0 Å². The molecule has 0 N–H and O–H groups in total. The molecule has 1 fully saturated rings. The van der Waals surface area contributed by atoms with Crippen molar-refractivity contribution in [2.45, 2.75) is 32.9 Å². The molecule has 0 aliphatic carbocycles. The number of morpholine rings is 1. The Morgan fingerprint density at radius 1 is 1.46 bits per heavy atom. The third kappa shape index (κ3) is 3.22. The first-order valence-corrected chi connectivity index (χ1v) is 6.19. The summed E-state index contributed by atoms with van der Waals surface area (Å²) in [5.74, 6) is 0.731. The monoisotopic (exact) mass is 249 g/mol. The Kier molecular flexibility index (Phi) is 4.70. The molecule has 0 aromatic heterocycles. The van der Waals surface area contributed by atoms with Gasteiger partial charge in [-0.2, -0.15) is 0 Å². The summed E-state index contributed by atoms with van der Waals surface area (Å²) >= 11 is 3.47. The van der Waals surface area contributed by atoms with E-state index in [0.29, 0.717) is 12.1 Å². The van der Waals surface area contributed by atoms with E-state index in [0.717, 1.165) is 30.9 Å². The van der Waals surface area contributed by atoms with Crippen LogP contribution in [0.4, 0.5) is 0 Å². The maximum Gasteiger partial charge on any atom is 0.0799 e. The van der Waals surface area contributed by atoms with Crippen LogP contribution >= 0.6 is 15.9 Å². The second-order valence-electron chi connectivity index (χ2n) is 4.13. The van der Waals surface area contributed by atoms with Crippen LogP contribution in [-0.4, -0.2) is 42.1 Å². The third-order valence-electron chi connectivity index (χ3n) is 2.88. The molecule has 1 saturated heterocycles. The van der Waals surface area contributed by atoms with E-state index >= 15 is 0 Å². The summed E-state index contributed by atoms with van der Waals surface area (Å²) < 4.78 is 5.60. The van der Waals surface area contributed by atoms with Crippen LogP contribution in [0.2, 0.25) is 0 Å². The zero-order chi connectivity index (χ0) is 9.84. The van der Waals surface area contributed by atoms with Crippen LogP contribution in [0.3, 0.4) is 0 Å². The van der Waals surface area contributed by atoms with Gasteiger partial charge >= 0.3 is 0 Å². The van der Waals surface area contributed by atoms with Gasteiger partial charge in [-0.05, 0) is 12.8 Å². The van der Waals surface area contributed by atoms with Crippen LogP contribution in [-0.2, 0) is 4.74 Å². The van der Waals surface area contributed by atoms with Crippen molar-refractivity contribution >= 4 is 15.9 Å². The minimum absolute atomic E-state index is 0.384. The van der Waals surface area contributed by atoms with Crippen LogP contribution in [0.1, 0.15) is 20.8 Å². The van der Waals surface area contributed by atoms with E-state index in [1.54, 1.807) is 0 Å². The van der Waals surface area contributed by atoms with Crippen molar-refractivity contribution < 1.29 is 4.74 Å². The van der Waals surface area contributed by atoms with Crippen LogP contribution in [0.15, 0.2) is 0 Å². The Morgan fingerprint density at radius 2 is 2.15 bits per heavy atom. The molecule has 13 heavy (non-hydrogen) atoms. The summed E-state index contributed by atoms with van der Waals surface area (Å²) in [6.07, 6.45) is 0.384. The molecule has 2 atom stereocenters. The highest BCUT2D eigenvalue weighted by Crippen LogP contribution is 2.15. The molecule has 0 bridgehead atoms. The van der Waals surface area contributed by atoms with Crippen molar-refractivity contribution in [3.05, 3.63) is 0 Å². The first-order chi connectivity index (χ1) is 6.15. The van der Waals surface area contributed by atoms with Crippen LogP contribution < -0.4 is 0 Å². The first-order valence-electron chi connectivity index (χ1n) is 5.06. The van der Waals surface area contributed by atoms with Gasteiger partial charge in [0.15, 0.2) is 0 Å². The predicted octanol–water partition coefficient (Wildman–Crippen LogP) is 2.13. The SMILES string of the molecule is CC(C)C(C)N1CCOC(CBr)C1. The second-order valence-corrected chi connectivity index (χ2v) is 4.77. The van der Waals surface area contributed by atoms with Crippen LogP contribution in [0.5, 0.6) is 0 Å². The molecule has 1 heterocycles. The van der Waals surface area contributed by atoms with Gasteiger partial charge in [-0.15, -0.1) is 0 Å². The van der Waals surface area contributed by atoms with Gasteiger partial charge in [0.25, 0.3) is 0 Å². The van der Waals surface area contributed by atoms with Gasteiger partial charge in [-0.3, -0.25) is 4.90 Å². The van der Waals surface area contributed by atoms with Gasteiger partial charge in [0.05, 0.1) is 12.7 Å². The zero-order valence-corrected chi connectivity index (χ0v) is 10.4. The number of halogens is 1. The van der Waals surface area contributed by atoms with E-state index in [9.17, 15) is 0 Å². The van der Waals surface area contributed by atoms with E-state index in [4.69, 9.17) is 4.74 Å². The van der Waals surface area contributed by atoms with Crippen molar-refractivity contribution in [1.82, 2.24) is 4.90 Å². The molecule has 1 aliphatic heterocycles. The second kappa shape index (κ2) is 5.32. The molecule has 78 valence electrons. The molecule has 2 unspecified atom stereocenters. The van der Waals surface area contributed by atoms with Gasteiger partial charge < -0.3 is 4.74 Å². The highest BCUT2D eigenvalue weighted by atomic mass is 79.9. The van der Waals surface area contributed by atoms with E-state index in [2.05, 4.69) is 41.6 Å². The minimum Gasteiger partial charge on any atom is -0.375 e. The molecule has 0 spiro atoms. The first kappa shape index (κ1) is 11.5. The minimum atomic E-state index is 0.384. The Labute approximate surface area is 89.8 Å². The molecular formula is C10H20BrNO. The average molecular weight is 250 g/mol. The smallest absolute Gasteiger partial charge is 0.0799 e. The molecule has 0 aromatic rings. The van der Waals surface area contributed by atoms with Crippen molar-refractivity contribution in [3.8, 4) is 0 Å². The molecular weight excluding hydrogens is 230 g/mol. The Morgan fingerprint density at radius 3 is 2.69 bits per heavy atom. The lowest BCUT2D eigenvalue weighted by atomic mass is 10.0. The van der Waals surface area contributed by atoms with E-state index < -0.39 is 0 Å². The van der Waals surface area contributed by atoms with Crippen molar-refractivity contribution in [1.29, 1.82) is 0 Å². The number of hydrogen-bond donors (Lipinski definition) is 0. The fraction of sp³-hybridized carbons (Fsp3) is 1.00. The zero-order valence-electron chi connectivity index (χ0n) is 8.79. The van der Waals surface area contributed by atoms with Gasteiger partial charge in [-0.25, -0.2) is 0 Å². The Balaban J connectivity index is 2.41. The van der Waals surface area contributed by atoms with Gasteiger partial charge in [-0.1, -0.05) is 29.8 Å². The highest BCUT2D eigenvalue weighted by molar-refractivity contribution is 9.09. The van der Waals surface area contributed by atoms with E-state index in [1.807, 2.05) is 0 Å². The fourth-order valence-electron chi connectivity index (χ4n) is 1.63. The third-order valence-corrected chi connectivity index (χ3v) is 3.61.